The maximum Gasteiger partial charge on any atom is 0.311 e. The van der Waals surface area contributed by atoms with Crippen molar-refractivity contribution in [2.24, 2.45) is 0 Å². The van der Waals surface area contributed by atoms with Crippen molar-refractivity contribution in [2.45, 2.75) is 12.8 Å². The van der Waals surface area contributed by atoms with Crippen LogP contribution in [0.15, 0.2) is 6.20 Å². The van der Waals surface area contributed by atoms with Crippen LogP contribution in [-0.4, -0.2) is 23.0 Å². The summed E-state index contributed by atoms with van der Waals surface area (Å²) < 4.78 is 29.9. The van der Waals surface area contributed by atoms with Crippen LogP contribution in [0.25, 0.3) is 0 Å². The first-order chi connectivity index (χ1) is 8.38. The lowest BCUT2D eigenvalue weighted by atomic mass is 10.1. The van der Waals surface area contributed by atoms with Crippen molar-refractivity contribution in [3.8, 4) is 0 Å². The summed E-state index contributed by atoms with van der Waals surface area (Å²) >= 11 is 1.44. The highest BCUT2D eigenvalue weighted by Gasteiger charge is 2.26. The fourth-order valence-corrected chi connectivity index (χ4v) is 2.11. The molecule has 1 aromatic heterocycles. The molecule has 1 aromatic rings. The standard InChI is InChI=1S/C9H7F2IN2O4/c1-18-6(15)2-4-7(9(10)11)8(12)5(3-13-4)14(16)17/h3,9H,2H2,1H3. The fraction of sp³-hybridized carbons (Fsp3) is 0.333. The Morgan fingerprint density at radius 3 is 2.72 bits per heavy atom. The summed E-state index contributed by atoms with van der Waals surface area (Å²) in [5.74, 6) is -0.742. The summed E-state index contributed by atoms with van der Waals surface area (Å²) in [6.45, 7) is 0. The van der Waals surface area contributed by atoms with Crippen molar-refractivity contribution in [2.75, 3.05) is 7.11 Å². The minimum absolute atomic E-state index is 0.216. The average Bonchev–Trinajstić information content (AvgIpc) is 2.27. The van der Waals surface area contributed by atoms with Crippen molar-refractivity contribution >= 4 is 34.2 Å². The van der Waals surface area contributed by atoms with Crippen LogP contribution in [0.3, 0.4) is 0 Å². The van der Waals surface area contributed by atoms with Gasteiger partial charge in [0.1, 0.15) is 9.77 Å². The third-order valence-electron chi connectivity index (χ3n) is 2.07. The predicted octanol–water partition coefficient (Wildman–Crippen LogP) is 2.25. The Morgan fingerprint density at radius 1 is 1.67 bits per heavy atom. The van der Waals surface area contributed by atoms with E-state index in [0.29, 0.717) is 0 Å². The lowest BCUT2D eigenvalue weighted by Gasteiger charge is -2.09. The molecule has 9 heteroatoms. The Balaban J connectivity index is 3.32. The van der Waals surface area contributed by atoms with E-state index in [4.69, 9.17) is 0 Å². The SMILES string of the molecule is COC(=O)Cc1ncc([N+](=O)[O-])c(I)c1C(F)F. The first-order valence-corrected chi connectivity index (χ1v) is 5.63. The second kappa shape index (κ2) is 5.98. The van der Waals surface area contributed by atoms with E-state index in [9.17, 15) is 23.7 Å². The van der Waals surface area contributed by atoms with Gasteiger partial charge in [0, 0.05) is 0 Å². The second-order valence-corrected chi connectivity index (χ2v) is 4.21. The number of aromatic nitrogens is 1. The molecule has 0 bridgehead atoms. The summed E-state index contributed by atoms with van der Waals surface area (Å²) in [6.07, 6.45) is -2.56. The molecular weight excluding hydrogens is 365 g/mol. The van der Waals surface area contributed by atoms with Gasteiger partial charge in [-0.25, -0.2) is 8.78 Å². The number of hydrogen-bond acceptors (Lipinski definition) is 5. The number of ether oxygens (including phenoxy) is 1. The number of methoxy groups -OCH3 is 1. The van der Waals surface area contributed by atoms with E-state index in [-0.39, 0.29) is 9.26 Å². The summed E-state index contributed by atoms with van der Waals surface area (Å²) in [5, 5.41) is 10.6. The predicted molar refractivity (Wildman–Crippen MR) is 64.3 cm³/mol. The second-order valence-electron chi connectivity index (χ2n) is 3.13. The van der Waals surface area contributed by atoms with Gasteiger partial charge in [0.2, 0.25) is 0 Å². The fourth-order valence-electron chi connectivity index (χ4n) is 1.23. The number of carbonyl (C=O) groups excluding carboxylic acids is 1. The van der Waals surface area contributed by atoms with Gasteiger partial charge in [0.25, 0.3) is 6.43 Å². The van der Waals surface area contributed by atoms with Crippen molar-refractivity contribution in [1.29, 1.82) is 0 Å². The molecule has 0 atom stereocenters. The van der Waals surface area contributed by atoms with Gasteiger partial charge in [0.15, 0.2) is 0 Å². The van der Waals surface area contributed by atoms with Crippen LogP contribution in [0.1, 0.15) is 17.7 Å². The number of carbonyl (C=O) groups is 1. The number of alkyl halides is 2. The van der Waals surface area contributed by atoms with Crippen LogP contribution in [0.2, 0.25) is 0 Å². The summed E-state index contributed by atoms with van der Waals surface area (Å²) in [5.41, 5.74) is -1.33. The molecule has 0 aromatic carbocycles. The van der Waals surface area contributed by atoms with Gasteiger partial charge in [-0.3, -0.25) is 19.9 Å². The molecule has 18 heavy (non-hydrogen) atoms. The molecule has 0 N–H and O–H groups in total. The average molecular weight is 372 g/mol. The summed E-state index contributed by atoms with van der Waals surface area (Å²) in [4.78, 5) is 24.4. The van der Waals surface area contributed by atoms with Gasteiger partial charge < -0.3 is 4.74 Å². The molecule has 0 saturated carbocycles. The zero-order chi connectivity index (χ0) is 13.9. The van der Waals surface area contributed by atoms with E-state index < -0.39 is 35.0 Å². The number of halogens is 3. The third kappa shape index (κ3) is 3.09. The number of pyridine rings is 1. The highest BCUT2D eigenvalue weighted by atomic mass is 127. The molecule has 0 spiro atoms. The van der Waals surface area contributed by atoms with Gasteiger partial charge in [0.05, 0.1) is 29.7 Å². The Kier molecular flexibility index (Phi) is 4.87. The van der Waals surface area contributed by atoms with E-state index in [2.05, 4.69) is 9.72 Å². The van der Waals surface area contributed by atoms with E-state index in [1.807, 2.05) is 0 Å². The van der Waals surface area contributed by atoms with E-state index in [0.717, 1.165) is 13.3 Å². The molecule has 0 amide bonds. The monoisotopic (exact) mass is 372 g/mol. The molecule has 0 aliphatic rings. The molecule has 0 saturated heterocycles. The minimum Gasteiger partial charge on any atom is -0.469 e. The number of rotatable bonds is 4. The molecule has 1 heterocycles. The summed E-state index contributed by atoms with van der Waals surface area (Å²) in [6, 6.07) is 0. The van der Waals surface area contributed by atoms with Gasteiger partial charge in [-0.2, -0.15) is 0 Å². The zero-order valence-electron chi connectivity index (χ0n) is 9.02. The Labute approximate surface area is 114 Å². The van der Waals surface area contributed by atoms with Gasteiger partial charge in [-0.15, -0.1) is 0 Å². The van der Waals surface area contributed by atoms with Crippen LogP contribution in [0, 0.1) is 13.7 Å². The third-order valence-corrected chi connectivity index (χ3v) is 3.20. The maximum absolute atomic E-state index is 12.9. The van der Waals surface area contributed by atoms with Gasteiger partial charge in [-0.05, 0) is 22.6 Å². The van der Waals surface area contributed by atoms with Crippen molar-refractivity contribution in [1.82, 2.24) is 4.98 Å². The molecule has 0 aliphatic heterocycles. The molecule has 98 valence electrons. The van der Waals surface area contributed by atoms with Crippen molar-refractivity contribution < 1.29 is 23.2 Å². The smallest absolute Gasteiger partial charge is 0.311 e. The molecule has 0 fully saturated rings. The van der Waals surface area contributed by atoms with Crippen molar-refractivity contribution in [3.63, 3.8) is 0 Å². The topological polar surface area (TPSA) is 82.3 Å². The normalized spacial score (nSPS) is 10.5. The minimum atomic E-state index is -2.95. The maximum atomic E-state index is 12.9. The summed E-state index contributed by atoms with van der Waals surface area (Å²) in [7, 11) is 1.11. The lowest BCUT2D eigenvalue weighted by molar-refractivity contribution is -0.386. The van der Waals surface area contributed by atoms with E-state index in [1.165, 1.54) is 22.6 Å². The molecule has 0 aliphatic carbocycles. The number of hydrogen-bond donors (Lipinski definition) is 0. The first-order valence-electron chi connectivity index (χ1n) is 4.55. The molecule has 6 nitrogen and oxygen atoms in total. The Morgan fingerprint density at radius 2 is 2.28 bits per heavy atom. The molecule has 1 rings (SSSR count). The van der Waals surface area contributed by atoms with E-state index in [1.54, 1.807) is 0 Å². The number of nitro groups is 1. The Bertz CT molecular complexity index is 496. The van der Waals surface area contributed by atoms with Gasteiger partial charge >= 0.3 is 11.7 Å². The van der Waals surface area contributed by atoms with Gasteiger partial charge in [-0.1, -0.05) is 0 Å². The highest BCUT2D eigenvalue weighted by molar-refractivity contribution is 14.1. The largest absolute Gasteiger partial charge is 0.469 e. The van der Waals surface area contributed by atoms with Crippen molar-refractivity contribution in [3.05, 3.63) is 31.1 Å². The number of nitrogens with zero attached hydrogens (tertiary/aromatic N) is 2. The van der Waals surface area contributed by atoms with Crippen LogP contribution < -0.4 is 0 Å². The van der Waals surface area contributed by atoms with Crippen LogP contribution in [0.5, 0.6) is 0 Å². The van der Waals surface area contributed by atoms with Crippen LogP contribution in [-0.2, 0) is 16.0 Å². The Hall–Kier alpha value is -1.39. The molecule has 0 unspecified atom stereocenters. The van der Waals surface area contributed by atoms with Crippen LogP contribution >= 0.6 is 22.6 Å². The molecule has 0 radical (unpaired) electrons. The number of esters is 1. The van der Waals surface area contributed by atoms with E-state index >= 15 is 0 Å². The van der Waals surface area contributed by atoms with Crippen LogP contribution in [0.4, 0.5) is 14.5 Å². The lowest BCUT2D eigenvalue weighted by Crippen LogP contribution is -2.11. The zero-order valence-corrected chi connectivity index (χ0v) is 11.2. The quantitative estimate of drug-likeness (QED) is 0.351. The first kappa shape index (κ1) is 14.7. The molecular formula is C9H7F2IN2O4. The highest BCUT2D eigenvalue weighted by Crippen LogP contribution is 2.32.